The number of nitrogens with zero attached hydrogens (tertiary/aromatic N) is 3. The number of benzene rings is 1. The van der Waals surface area contributed by atoms with Gasteiger partial charge in [-0.2, -0.15) is 5.26 Å². The van der Waals surface area contributed by atoms with Crippen molar-refractivity contribution >= 4 is 24.2 Å². The lowest BCUT2D eigenvalue weighted by Gasteiger charge is -2.36. The largest absolute Gasteiger partial charge is 0.316 e. The second kappa shape index (κ2) is 8.35. The Labute approximate surface area is 148 Å². The number of halogens is 1. The molecule has 0 aliphatic carbocycles. The predicted octanol–water partition coefficient (Wildman–Crippen LogP) is 4.61. The Morgan fingerprint density at radius 2 is 2.09 bits per heavy atom. The second-order valence-electron chi connectivity index (χ2n) is 6.00. The zero-order valence-corrected chi connectivity index (χ0v) is 14.8. The van der Waals surface area contributed by atoms with Gasteiger partial charge in [-0.25, -0.2) is 0 Å². The van der Waals surface area contributed by atoms with Gasteiger partial charge in [-0.05, 0) is 12.1 Å². The smallest absolute Gasteiger partial charge is 0.130 e. The number of likely N-dealkylation sites (tertiary alicyclic amines) is 1. The molecule has 1 fully saturated rings. The molecule has 0 amide bonds. The molecule has 2 atom stereocenters. The standard InChI is InChI=1S/C17H20ClN2.CHNS/c1-20(13-15-6-2-3-8-16(15)18)11-5-9-17(20)14-7-4-10-19-12-14;2-1-3/h2-4,6-8,10,12,17H,5,9,11,13H2,1H3;3H/q+1;. The Morgan fingerprint density at radius 1 is 1.35 bits per heavy atom. The molecule has 120 valence electrons. The summed E-state index contributed by atoms with van der Waals surface area (Å²) in [5, 5.41) is 9.51. The fraction of sp³-hybridized carbons (Fsp3) is 0.333. The van der Waals surface area contributed by atoms with Crippen LogP contribution in [0.25, 0.3) is 0 Å². The molecule has 23 heavy (non-hydrogen) atoms. The number of pyridine rings is 1. The van der Waals surface area contributed by atoms with Crippen LogP contribution in [0.15, 0.2) is 48.8 Å². The first kappa shape index (κ1) is 17.8. The van der Waals surface area contributed by atoms with Crippen LogP contribution in [0.2, 0.25) is 5.02 Å². The maximum Gasteiger partial charge on any atom is 0.130 e. The Kier molecular flexibility index (Phi) is 6.47. The molecule has 0 spiro atoms. The van der Waals surface area contributed by atoms with Crippen LogP contribution >= 0.6 is 24.2 Å². The van der Waals surface area contributed by atoms with E-state index in [1.54, 1.807) is 0 Å². The highest BCUT2D eigenvalue weighted by atomic mass is 35.5. The maximum atomic E-state index is 7.18. The average molecular weight is 347 g/mol. The summed E-state index contributed by atoms with van der Waals surface area (Å²) in [6.45, 7) is 2.18. The highest BCUT2D eigenvalue weighted by Crippen LogP contribution is 2.39. The van der Waals surface area contributed by atoms with Crippen molar-refractivity contribution in [2.75, 3.05) is 13.6 Å². The number of hydrogen-bond donors (Lipinski definition) is 1. The summed E-state index contributed by atoms with van der Waals surface area (Å²) in [6, 6.07) is 13.0. The zero-order valence-electron chi connectivity index (χ0n) is 13.2. The minimum atomic E-state index is 0.528. The summed E-state index contributed by atoms with van der Waals surface area (Å²) < 4.78 is 1.02. The van der Waals surface area contributed by atoms with Gasteiger partial charge >= 0.3 is 0 Å². The Balaban J connectivity index is 0.000000595. The molecule has 1 aliphatic heterocycles. The number of aromatic nitrogens is 1. The van der Waals surface area contributed by atoms with E-state index in [2.05, 4.69) is 42.9 Å². The van der Waals surface area contributed by atoms with Gasteiger partial charge in [0.15, 0.2) is 0 Å². The second-order valence-corrected chi connectivity index (χ2v) is 6.60. The lowest BCUT2D eigenvalue weighted by atomic mass is 10.0. The van der Waals surface area contributed by atoms with E-state index >= 15 is 0 Å². The fourth-order valence-corrected chi connectivity index (χ4v) is 3.61. The SMILES string of the molecule is C[N+]1(Cc2ccccc2Cl)CCCC1c1cccnc1.N#CS. The van der Waals surface area contributed by atoms with Crippen LogP contribution in [-0.4, -0.2) is 23.1 Å². The third kappa shape index (κ3) is 4.48. The quantitative estimate of drug-likeness (QED) is 0.500. The minimum Gasteiger partial charge on any atom is -0.316 e. The fourth-order valence-electron chi connectivity index (χ4n) is 3.42. The normalized spacial score (nSPS) is 22.8. The van der Waals surface area contributed by atoms with Gasteiger partial charge in [0, 0.05) is 41.4 Å². The predicted molar refractivity (Wildman–Crippen MR) is 97.0 cm³/mol. The summed E-state index contributed by atoms with van der Waals surface area (Å²) in [7, 11) is 2.34. The van der Waals surface area contributed by atoms with E-state index < -0.39 is 0 Å². The first-order valence-electron chi connectivity index (χ1n) is 7.61. The number of nitriles is 1. The molecule has 1 aromatic carbocycles. The van der Waals surface area contributed by atoms with E-state index in [9.17, 15) is 0 Å². The Bertz CT molecular complexity index is 671. The van der Waals surface area contributed by atoms with Gasteiger partial charge in [-0.3, -0.25) is 4.98 Å². The van der Waals surface area contributed by atoms with Crippen LogP contribution in [0.3, 0.4) is 0 Å². The molecule has 5 heteroatoms. The molecule has 3 rings (SSSR count). The molecule has 0 bridgehead atoms. The number of thiocyanates is 1. The van der Waals surface area contributed by atoms with E-state index in [1.807, 2.05) is 30.6 Å². The zero-order chi connectivity index (χ0) is 16.7. The highest BCUT2D eigenvalue weighted by molar-refractivity contribution is 7.85. The van der Waals surface area contributed by atoms with Crippen molar-refractivity contribution in [1.29, 1.82) is 5.26 Å². The molecule has 3 nitrogen and oxygen atoms in total. The Hall–Kier alpha value is -1.54. The van der Waals surface area contributed by atoms with Crippen molar-refractivity contribution in [3.63, 3.8) is 0 Å². The van der Waals surface area contributed by atoms with Gasteiger partial charge in [-0.15, -0.1) is 0 Å². The summed E-state index contributed by atoms with van der Waals surface area (Å²) in [4.78, 5) is 4.28. The van der Waals surface area contributed by atoms with Gasteiger partial charge in [0.25, 0.3) is 0 Å². The third-order valence-corrected chi connectivity index (χ3v) is 4.83. The molecule has 1 aromatic heterocycles. The maximum absolute atomic E-state index is 7.18. The minimum absolute atomic E-state index is 0.528. The van der Waals surface area contributed by atoms with Gasteiger partial charge in [0.05, 0.1) is 13.6 Å². The van der Waals surface area contributed by atoms with Crippen molar-refractivity contribution in [2.24, 2.45) is 0 Å². The monoisotopic (exact) mass is 346 g/mol. The van der Waals surface area contributed by atoms with E-state index in [-0.39, 0.29) is 0 Å². The molecular weight excluding hydrogens is 326 g/mol. The van der Waals surface area contributed by atoms with Crippen molar-refractivity contribution in [3.8, 4) is 5.40 Å². The van der Waals surface area contributed by atoms with E-state index in [1.165, 1.54) is 35.9 Å². The lowest BCUT2D eigenvalue weighted by molar-refractivity contribution is -0.939. The van der Waals surface area contributed by atoms with Crippen LogP contribution in [0, 0.1) is 10.7 Å². The lowest BCUT2D eigenvalue weighted by Crippen LogP contribution is -2.42. The first-order valence-corrected chi connectivity index (χ1v) is 8.44. The first-order chi connectivity index (χ1) is 11.1. The van der Waals surface area contributed by atoms with E-state index in [4.69, 9.17) is 16.9 Å². The molecule has 2 unspecified atom stereocenters. The van der Waals surface area contributed by atoms with Crippen molar-refractivity contribution in [3.05, 3.63) is 64.9 Å². The molecule has 1 aliphatic rings. The van der Waals surface area contributed by atoms with Crippen molar-refractivity contribution < 1.29 is 4.48 Å². The number of thiol groups is 1. The van der Waals surface area contributed by atoms with Crippen LogP contribution in [0.1, 0.15) is 30.0 Å². The van der Waals surface area contributed by atoms with Gasteiger partial charge in [0.2, 0.25) is 0 Å². The summed E-state index contributed by atoms with van der Waals surface area (Å²) in [5.74, 6) is 0. The van der Waals surface area contributed by atoms with E-state index in [0.29, 0.717) is 6.04 Å². The number of rotatable bonds is 3. The van der Waals surface area contributed by atoms with Crippen molar-refractivity contribution in [1.82, 2.24) is 4.98 Å². The van der Waals surface area contributed by atoms with Crippen LogP contribution in [0.4, 0.5) is 0 Å². The number of quaternary nitrogens is 1. The molecule has 0 N–H and O–H groups in total. The summed E-state index contributed by atoms with van der Waals surface area (Å²) in [6.07, 6.45) is 6.35. The van der Waals surface area contributed by atoms with E-state index in [0.717, 1.165) is 16.1 Å². The molecule has 0 saturated carbocycles. The third-order valence-electron chi connectivity index (χ3n) is 4.46. The molecule has 0 radical (unpaired) electrons. The molecule has 1 saturated heterocycles. The van der Waals surface area contributed by atoms with Crippen LogP contribution < -0.4 is 0 Å². The topological polar surface area (TPSA) is 36.7 Å². The highest BCUT2D eigenvalue weighted by Gasteiger charge is 2.39. The van der Waals surface area contributed by atoms with Crippen LogP contribution in [0.5, 0.6) is 0 Å². The summed E-state index contributed by atoms with van der Waals surface area (Å²) >= 11 is 9.43. The Morgan fingerprint density at radius 3 is 2.74 bits per heavy atom. The van der Waals surface area contributed by atoms with Gasteiger partial charge in [-0.1, -0.05) is 48.5 Å². The molecule has 2 heterocycles. The van der Waals surface area contributed by atoms with Crippen LogP contribution in [-0.2, 0) is 6.54 Å². The average Bonchev–Trinajstić information content (AvgIpc) is 2.93. The van der Waals surface area contributed by atoms with Crippen molar-refractivity contribution in [2.45, 2.75) is 25.4 Å². The molecule has 2 aromatic rings. The van der Waals surface area contributed by atoms with Gasteiger partial charge < -0.3 is 4.48 Å². The molecular formula is C18H21ClN3S+. The number of hydrogen-bond acceptors (Lipinski definition) is 3. The summed E-state index contributed by atoms with van der Waals surface area (Å²) in [5.41, 5.74) is 2.59. The van der Waals surface area contributed by atoms with Gasteiger partial charge in [0.1, 0.15) is 18.0 Å².